The van der Waals surface area contributed by atoms with Crippen molar-refractivity contribution in [3.8, 4) is 0 Å². The lowest BCUT2D eigenvalue weighted by atomic mass is 9.82. The second-order valence-electron chi connectivity index (χ2n) is 5.84. The number of ether oxygens (including phenoxy) is 2. The Bertz CT molecular complexity index is 387. The third kappa shape index (κ3) is 2.54. The van der Waals surface area contributed by atoms with Crippen LogP contribution in [0.2, 0.25) is 0 Å². The predicted octanol–water partition coefficient (Wildman–Crippen LogP) is 1.39. The van der Waals surface area contributed by atoms with Gasteiger partial charge in [0.2, 0.25) is 0 Å². The molecule has 112 valence electrons. The van der Waals surface area contributed by atoms with E-state index in [-0.39, 0.29) is 18.2 Å². The number of carbonyl (C=O) groups excluding carboxylic acids is 2. The molecule has 3 aliphatic rings. The van der Waals surface area contributed by atoms with Crippen LogP contribution in [0.25, 0.3) is 0 Å². The SMILES string of the molecule is O=C1NC2(CCCCC2)C(=O)N1CCC1OCCCO1. The molecular formula is C14H22N2O4. The summed E-state index contributed by atoms with van der Waals surface area (Å²) in [6.07, 6.45) is 5.87. The first-order valence-electron chi connectivity index (χ1n) is 7.59. The van der Waals surface area contributed by atoms with Crippen molar-refractivity contribution in [2.75, 3.05) is 19.8 Å². The third-order valence-corrected chi connectivity index (χ3v) is 4.44. The van der Waals surface area contributed by atoms with Crippen LogP contribution < -0.4 is 5.32 Å². The van der Waals surface area contributed by atoms with Gasteiger partial charge >= 0.3 is 6.03 Å². The molecule has 20 heavy (non-hydrogen) atoms. The average molecular weight is 282 g/mol. The molecule has 6 nitrogen and oxygen atoms in total. The highest BCUT2D eigenvalue weighted by molar-refractivity contribution is 6.07. The molecule has 3 fully saturated rings. The molecule has 0 aromatic rings. The lowest BCUT2D eigenvalue weighted by Crippen LogP contribution is -2.48. The second kappa shape index (κ2) is 5.69. The molecule has 0 atom stereocenters. The molecule has 0 bridgehead atoms. The highest BCUT2D eigenvalue weighted by atomic mass is 16.7. The molecule has 0 aromatic carbocycles. The van der Waals surface area contributed by atoms with Crippen LogP contribution in [0.15, 0.2) is 0 Å². The fraction of sp³-hybridized carbons (Fsp3) is 0.857. The number of hydrogen-bond acceptors (Lipinski definition) is 4. The van der Waals surface area contributed by atoms with Gasteiger partial charge in [-0.05, 0) is 19.3 Å². The van der Waals surface area contributed by atoms with Crippen molar-refractivity contribution in [2.45, 2.75) is 56.8 Å². The van der Waals surface area contributed by atoms with E-state index >= 15 is 0 Å². The van der Waals surface area contributed by atoms with Gasteiger partial charge in [-0.2, -0.15) is 0 Å². The zero-order valence-corrected chi connectivity index (χ0v) is 11.7. The van der Waals surface area contributed by atoms with Crippen molar-refractivity contribution in [3.05, 3.63) is 0 Å². The largest absolute Gasteiger partial charge is 0.353 e. The van der Waals surface area contributed by atoms with Gasteiger partial charge in [0, 0.05) is 13.0 Å². The summed E-state index contributed by atoms with van der Waals surface area (Å²) in [6.45, 7) is 1.75. The first-order valence-corrected chi connectivity index (χ1v) is 7.59. The van der Waals surface area contributed by atoms with Crippen molar-refractivity contribution >= 4 is 11.9 Å². The Morgan fingerprint density at radius 3 is 2.50 bits per heavy atom. The van der Waals surface area contributed by atoms with Gasteiger partial charge in [0.15, 0.2) is 6.29 Å². The molecule has 2 saturated heterocycles. The highest BCUT2D eigenvalue weighted by Crippen LogP contribution is 2.33. The third-order valence-electron chi connectivity index (χ3n) is 4.44. The van der Waals surface area contributed by atoms with Crippen LogP contribution >= 0.6 is 0 Å². The summed E-state index contributed by atoms with van der Waals surface area (Å²) < 4.78 is 10.9. The molecule has 1 saturated carbocycles. The average Bonchev–Trinajstić information content (AvgIpc) is 2.70. The monoisotopic (exact) mass is 282 g/mol. The van der Waals surface area contributed by atoms with Gasteiger partial charge in [-0.1, -0.05) is 19.3 Å². The van der Waals surface area contributed by atoms with Crippen LogP contribution in [0.4, 0.5) is 4.79 Å². The predicted molar refractivity (Wildman–Crippen MR) is 71.0 cm³/mol. The van der Waals surface area contributed by atoms with Gasteiger partial charge in [-0.15, -0.1) is 0 Å². The fourth-order valence-corrected chi connectivity index (χ4v) is 3.31. The van der Waals surface area contributed by atoms with E-state index in [2.05, 4.69) is 5.32 Å². The lowest BCUT2D eigenvalue weighted by molar-refractivity contribution is -0.182. The number of urea groups is 1. The Labute approximate surface area is 118 Å². The maximum Gasteiger partial charge on any atom is 0.325 e. The van der Waals surface area contributed by atoms with Crippen molar-refractivity contribution in [1.82, 2.24) is 10.2 Å². The van der Waals surface area contributed by atoms with Crippen LogP contribution in [0, 0.1) is 0 Å². The molecule has 1 spiro atoms. The van der Waals surface area contributed by atoms with E-state index in [1.807, 2.05) is 0 Å². The minimum absolute atomic E-state index is 0.0574. The Kier molecular flexibility index (Phi) is 3.94. The van der Waals surface area contributed by atoms with Gasteiger partial charge in [0.05, 0.1) is 13.2 Å². The van der Waals surface area contributed by atoms with Gasteiger partial charge in [0.1, 0.15) is 5.54 Å². The quantitative estimate of drug-likeness (QED) is 0.794. The van der Waals surface area contributed by atoms with Crippen LogP contribution in [-0.4, -0.2) is 48.4 Å². The van der Waals surface area contributed by atoms with E-state index in [0.29, 0.717) is 26.2 Å². The summed E-state index contributed by atoms with van der Waals surface area (Å²) in [4.78, 5) is 25.9. The smallest absolute Gasteiger partial charge is 0.325 e. The van der Waals surface area contributed by atoms with Crippen LogP contribution in [0.3, 0.4) is 0 Å². The van der Waals surface area contributed by atoms with Crippen molar-refractivity contribution in [3.63, 3.8) is 0 Å². The summed E-state index contributed by atoms with van der Waals surface area (Å²) in [5.74, 6) is -0.0574. The molecule has 2 heterocycles. The van der Waals surface area contributed by atoms with E-state index in [1.165, 1.54) is 4.90 Å². The molecule has 3 rings (SSSR count). The van der Waals surface area contributed by atoms with Crippen LogP contribution in [0.5, 0.6) is 0 Å². The molecule has 1 N–H and O–H groups in total. The summed E-state index contributed by atoms with van der Waals surface area (Å²) >= 11 is 0. The normalized spacial score (nSPS) is 27.1. The molecule has 6 heteroatoms. The van der Waals surface area contributed by atoms with E-state index < -0.39 is 5.54 Å². The minimum Gasteiger partial charge on any atom is -0.353 e. The zero-order valence-electron chi connectivity index (χ0n) is 11.7. The topological polar surface area (TPSA) is 67.9 Å². The van der Waals surface area contributed by atoms with Gasteiger partial charge in [-0.25, -0.2) is 4.79 Å². The summed E-state index contributed by atoms with van der Waals surface area (Å²) in [5.41, 5.74) is -0.621. The Hall–Kier alpha value is -1.14. The summed E-state index contributed by atoms with van der Waals surface area (Å²) in [7, 11) is 0. The van der Waals surface area contributed by atoms with E-state index in [1.54, 1.807) is 0 Å². The standard InChI is InChI=1S/C14H22N2O4/c17-12-14(6-2-1-3-7-14)15-13(18)16(12)8-5-11-19-9-4-10-20-11/h11H,1-10H2,(H,15,18). The number of amides is 3. The maximum absolute atomic E-state index is 12.5. The molecule has 3 amide bonds. The number of imide groups is 1. The molecule has 2 aliphatic heterocycles. The van der Waals surface area contributed by atoms with Crippen LogP contribution in [0.1, 0.15) is 44.9 Å². The van der Waals surface area contributed by atoms with Gasteiger partial charge < -0.3 is 14.8 Å². The Morgan fingerprint density at radius 2 is 1.80 bits per heavy atom. The first-order chi connectivity index (χ1) is 9.71. The number of rotatable bonds is 3. The van der Waals surface area contributed by atoms with E-state index in [0.717, 1.165) is 38.5 Å². The number of carbonyl (C=O) groups is 2. The molecule has 1 aliphatic carbocycles. The Balaban J connectivity index is 1.58. The van der Waals surface area contributed by atoms with Crippen molar-refractivity contribution < 1.29 is 19.1 Å². The molecule has 0 radical (unpaired) electrons. The summed E-state index contributed by atoms with van der Waals surface area (Å²) in [5, 5.41) is 2.91. The molecule has 0 unspecified atom stereocenters. The number of hydrogen-bond donors (Lipinski definition) is 1. The van der Waals surface area contributed by atoms with Crippen LogP contribution in [-0.2, 0) is 14.3 Å². The fourth-order valence-electron chi connectivity index (χ4n) is 3.31. The van der Waals surface area contributed by atoms with Gasteiger partial charge in [0.25, 0.3) is 5.91 Å². The maximum atomic E-state index is 12.5. The number of nitrogens with one attached hydrogen (secondary N) is 1. The molecular weight excluding hydrogens is 260 g/mol. The highest BCUT2D eigenvalue weighted by Gasteiger charge is 2.51. The lowest BCUT2D eigenvalue weighted by Gasteiger charge is -2.30. The second-order valence-corrected chi connectivity index (χ2v) is 5.84. The van der Waals surface area contributed by atoms with Crippen molar-refractivity contribution in [1.29, 1.82) is 0 Å². The minimum atomic E-state index is -0.621. The summed E-state index contributed by atoms with van der Waals surface area (Å²) in [6, 6.07) is -0.257. The van der Waals surface area contributed by atoms with Gasteiger partial charge in [-0.3, -0.25) is 9.69 Å². The van der Waals surface area contributed by atoms with E-state index in [9.17, 15) is 9.59 Å². The first kappa shape index (κ1) is 13.8. The molecule has 0 aromatic heterocycles. The van der Waals surface area contributed by atoms with E-state index in [4.69, 9.17) is 9.47 Å². The van der Waals surface area contributed by atoms with Crippen molar-refractivity contribution in [2.24, 2.45) is 0 Å². The zero-order chi connectivity index (χ0) is 14.0. The number of nitrogens with zero attached hydrogens (tertiary/aromatic N) is 1. The Morgan fingerprint density at radius 1 is 1.10 bits per heavy atom.